The van der Waals surface area contributed by atoms with Crippen LogP contribution < -0.4 is 15.1 Å². The number of carbonyl (C=O) groups excluding carboxylic acids is 1. The van der Waals surface area contributed by atoms with E-state index in [1.54, 1.807) is 6.07 Å². The van der Waals surface area contributed by atoms with Gasteiger partial charge in [0.2, 0.25) is 0 Å². The number of hydrogen-bond acceptors (Lipinski definition) is 2. The van der Waals surface area contributed by atoms with Gasteiger partial charge in [-0.2, -0.15) is 0 Å². The van der Waals surface area contributed by atoms with Crippen molar-refractivity contribution < 1.29 is 14.1 Å². The molecule has 4 nitrogen and oxygen atoms in total. The number of halogens is 1. The van der Waals surface area contributed by atoms with Crippen molar-refractivity contribution in [2.24, 2.45) is 0 Å². The van der Waals surface area contributed by atoms with Gasteiger partial charge < -0.3 is 15.1 Å². The van der Waals surface area contributed by atoms with Gasteiger partial charge in [0.1, 0.15) is 5.82 Å². The molecule has 2 aromatic rings. The molecule has 1 aliphatic rings. The predicted molar refractivity (Wildman–Crippen MR) is 117 cm³/mol. The largest absolute Gasteiger partial charge is 0.358 e. The average molecular weight is 399 g/mol. The van der Waals surface area contributed by atoms with Gasteiger partial charge in [0, 0.05) is 5.69 Å². The van der Waals surface area contributed by atoms with Crippen LogP contribution >= 0.6 is 0 Å². The summed E-state index contributed by atoms with van der Waals surface area (Å²) in [5.74, 6) is 0.566. The van der Waals surface area contributed by atoms with E-state index in [0.29, 0.717) is 24.1 Å². The Morgan fingerprint density at radius 1 is 1.00 bits per heavy atom. The van der Waals surface area contributed by atoms with Crippen LogP contribution in [0.1, 0.15) is 50.7 Å². The molecule has 0 atom stereocenters. The lowest BCUT2D eigenvalue weighted by atomic mass is 9.92. The van der Waals surface area contributed by atoms with E-state index in [9.17, 15) is 9.18 Å². The number of benzene rings is 2. The number of anilines is 2. The van der Waals surface area contributed by atoms with Gasteiger partial charge in [0.05, 0.1) is 31.9 Å². The molecule has 2 aromatic carbocycles. The summed E-state index contributed by atoms with van der Waals surface area (Å²) in [4.78, 5) is 16.1. The Kier molecular flexibility index (Phi) is 6.91. The van der Waals surface area contributed by atoms with E-state index in [4.69, 9.17) is 0 Å². The Hall–Kier alpha value is -2.40. The second kappa shape index (κ2) is 9.40. The van der Waals surface area contributed by atoms with E-state index in [0.717, 1.165) is 31.9 Å². The number of para-hydroxylation sites is 2. The standard InChI is InChI=1S/C24H32FN3O/c1-17(2)19-8-7-9-20(18(3)4)24(19)26-23(29)16-27-12-14-28(15-13-27)22-11-6-5-10-21(22)25/h5-11,17-18H,12-16H2,1-4H3,(H,26,29)/p+1. The number of quaternary nitrogens is 1. The first-order valence-electron chi connectivity index (χ1n) is 10.6. The SMILES string of the molecule is CC(C)c1cccc(C(C)C)c1NC(=O)C[NH+]1CCN(c2ccccc2F)CC1. The quantitative estimate of drug-likeness (QED) is 0.782. The van der Waals surface area contributed by atoms with Crippen molar-refractivity contribution in [3.63, 3.8) is 0 Å². The van der Waals surface area contributed by atoms with Gasteiger partial charge in [-0.15, -0.1) is 0 Å². The maximum atomic E-state index is 14.0. The molecule has 0 unspecified atom stereocenters. The number of nitrogens with one attached hydrogen (secondary N) is 2. The Balaban J connectivity index is 1.62. The molecule has 3 rings (SSSR count). The minimum Gasteiger partial charge on any atom is -0.358 e. The molecule has 1 saturated heterocycles. The number of carbonyl (C=O) groups is 1. The molecule has 0 aromatic heterocycles. The summed E-state index contributed by atoms with van der Waals surface area (Å²) in [6, 6.07) is 13.2. The highest BCUT2D eigenvalue weighted by molar-refractivity contribution is 5.93. The summed E-state index contributed by atoms with van der Waals surface area (Å²) in [6.07, 6.45) is 0. The molecule has 1 amide bonds. The second-order valence-corrected chi connectivity index (χ2v) is 8.53. The number of piperazine rings is 1. The zero-order valence-electron chi connectivity index (χ0n) is 18.0. The van der Waals surface area contributed by atoms with E-state index in [1.807, 2.05) is 12.1 Å². The Labute approximate surface area is 173 Å². The van der Waals surface area contributed by atoms with Crippen molar-refractivity contribution in [3.8, 4) is 0 Å². The average Bonchev–Trinajstić information content (AvgIpc) is 2.69. The third kappa shape index (κ3) is 5.15. The molecular formula is C24H33FN3O+. The fourth-order valence-electron chi connectivity index (χ4n) is 4.05. The fraction of sp³-hybridized carbons (Fsp3) is 0.458. The minimum atomic E-state index is -0.180. The van der Waals surface area contributed by atoms with Crippen molar-refractivity contribution in [3.05, 3.63) is 59.4 Å². The second-order valence-electron chi connectivity index (χ2n) is 8.53. The first-order valence-corrected chi connectivity index (χ1v) is 10.6. The molecule has 156 valence electrons. The van der Waals surface area contributed by atoms with Gasteiger partial charge in [0.25, 0.3) is 5.91 Å². The molecule has 2 N–H and O–H groups in total. The molecule has 5 heteroatoms. The minimum absolute atomic E-state index is 0.0503. The summed E-state index contributed by atoms with van der Waals surface area (Å²) in [5.41, 5.74) is 4.00. The highest BCUT2D eigenvalue weighted by Crippen LogP contribution is 2.32. The lowest BCUT2D eigenvalue weighted by molar-refractivity contribution is -0.892. The summed E-state index contributed by atoms with van der Waals surface area (Å²) in [6.45, 7) is 12.2. The topological polar surface area (TPSA) is 36.8 Å². The molecular weight excluding hydrogens is 365 g/mol. The van der Waals surface area contributed by atoms with Crippen molar-refractivity contribution in [1.29, 1.82) is 0 Å². The maximum Gasteiger partial charge on any atom is 0.279 e. The van der Waals surface area contributed by atoms with Gasteiger partial charge in [-0.1, -0.05) is 58.0 Å². The monoisotopic (exact) mass is 398 g/mol. The molecule has 0 saturated carbocycles. The van der Waals surface area contributed by atoms with Crippen molar-refractivity contribution in [1.82, 2.24) is 0 Å². The van der Waals surface area contributed by atoms with Gasteiger partial charge in [-0.3, -0.25) is 4.79 Å². The van der Waals surface area contributed by atoms with Crippen LogP contribution in [0.4, 0.5) is 15.8 Å². The van der Waals surface area contributed by atoms with E-state index >= 15 is 0 Å². The Morgan fingerprint density at radius 3 is 2.14 bits per heavy atom. The van der Waals surface area contributed by atoms with Gasteiger partial charge >= 0.3 is 0 Å². The number of nitrogens with zero attached hydrogens (tertiary/aromatic N) is 1. The van der Waals surface area contributed by atoms with Gasteiger partial charge in [-0.05, 0) is 35.1 Å². The third-order valence-electron chi connectivity index (χ3n) is 5.71. The van der Waals surface area contributed by atoms with E-state index < -0.39 is 0 Å². The van der Waals surface area contributed by atoms with Crippen LogP contribution in [0, 0.1) is 5.82 Å². The lowest BCUT2D eigenvalue weighted by Crippen LogP contribution is -3.15. The van der Waals surface area contributed by atoms with Crippen LogP contribution in [-0.2, 0) is 4.79 Å². The molecule has 0 spiro atoms. The van der Waals surface area contributed by atoms with Crippen molar-refractivity contribution in [2.75, 3.05) is 42.9 Å². The summed E-state index contributed by atoms with van der Waals surface area (Å²) in [7, 11) is 0. The molecule has 29 heavy (non-hydrogen) atoms. The van der Waals surface area contributed by atoms with E-state index in [1.165, 1.54) is 22.1 Å². The molecule has 0 bridgehead atoms. The summed E-state index contributed by atoms with van der Waals surface area (Å²) < 4.78 is 14.0. The molecule has 0 radical (unpaired) electrons. The zero-order chi connectivity index (χ0) is 21.0. The van der Waals surface area contributed by atoms with Crippen molar-refractivity contribution in [2.45, 2.75) is 39.5 Å². The number of amides is 1. The number of rotatable bonds is 6. The van der Waals surface area contributed by atoms with Crippen LogP contribution in [-0.4, -0.2) is 38.6 Å². The highest BCUT2D eigenvalue weighted by Gasteiger charge is 2.24. The fourth-order valence-corrected chi connectivity index (χ4v) is 4.05. The molecule has 1 aliphatic heterocycles. The van der Waals surface area contributed by atoms with Crippen LogP contribution in [0.2, 0.25) is 0 Å². The first kappa shape index (κ1) is 21.3. The molecule has 1 heterocycles. The molecule has 0 aliphatic carbocycles. The van der Waals surface area contributed by atoms with E-state index in [2.05, 4.69) is 56.1 Å². The summed E-state index contributed by atoms with van der Waals surface area (Å²) >= 11 is 0. The number of hydrogen-bond donors (Lipinski definition) is 2. The van der Waals surface area contributed by atoms with Crippen LogP contribution in [0.5, 0.6) is 0 Å². The van der Waals surface area contributed by atoms with Crippen molar-refractivity contribution >= 4 is 17.3 Å². The Bertz CT molecular complexity index is 816. The van der Waals surface area contributed by atoms with Crippen LogP contribution in [0.15, 0.2) is 42.5 Å². The lowest BCUT2D eigenvalue weighted by Gasteiger charge is -2.33. The Morgan fingerprint density at radius 2 is 1.59 bits per heavy atom. The molecule has 1 fully saturated rings. The normalized spacial score (nSPS) is 15.2. The van der Waals surface area contributed by atoms with Crippen LogP contribution in [0.3, 0.4) is 0 Å². The summed E-state index contributed by atoms with van der Waals surface area (Å²) in [5, 5.41) is 3.21. The van der Waals surface area contributed by atoms with Gasteiger partial charge in [0.15, 0.2) is 6.54 Å². The zero-order valence-corrected chi connectivity index (χ0v) is 18.0. The van der Waals surface area contributed by atoms with Crippen LogP contribution in [0.25, 0.3) is 0 Å². The smallest absolute Gasteiger partial charge is 0.279 e. The van der Waals surface area contributed by atoms with E-state index in [-0.39, 0.29) is 11.7 Å². The first-order chi connectivity index (χ1) is 13.9. The third-order valence-corrected chi connectivity index (χ3v) is 5.71. The predicted octanol–water partition coefficient (Wildman–Crippen LogP) is 3.42. The van der Waals surface area contributed by atoms with Gasteiger partial charge in [-0.25, -0.2) is 4.39 Å². The highest BCUT2D eigenvalue weighted by atomic mass is 19.1. The maximum absolute atomic E-state index is 14.0.